The zero-order valence-corrected chi connectivity index (χ0v) is 17.0. The summed E-state index contributed by atoms with van der Waals surface area (Å²) in [4.78, 5) is 16.4. The SMILES string of the molecule is CC(N)c1ccc(C(=O)Nc2ccncc2)cc1OCc1ccccc1.Cl.Cl. The third-order valence-electron chi connectivity index (χ3n) is 3.94. The number of amides is 1. The lowest BCUT2D eigenvalue weighted by Gasteiger charge is -2.16. The molecule has 3 rings (SSSR count). The smallest absolute Gasteiger partial charge is 0.255 e. The Morgan fingerprint density at radius 3 is 2.39 bits per heavy atom. The van der Waals surface area contributed by atoms with Crippen LogP contribution in [-0.2, 0) is 6.61 Å². The number of aromatic nitrogens is 1. The first-order chi connectivity index (χ1) is 12.6. The lowest BCUT2D eigenvalue weighted by Crippen LogP contribution is -2.14. The van der Waals surface area contributed by atoms with Crippen LogP contribution >= 0.6 is 24.8 Å². The number of pyridine rings is 1. The molecule has 1 aromatic heterocycles. The third-order valence-corrected chi connectivity index (χ3v) is 3.94. The minimum absolute atomic E-state index is 0. The van der Waals surface area contributed by atoms with Gasteiger partial charge in [0.2, 0.25) is 0 Å². The van der Waals surface area contributed by atoms with Crippen molar-refractivity contribution < 1.29 is 9.53 Å². The highest BCUT2D eigenvalue weighted by molar-refractivity contribution is 6.04. The Morgan fingerprint density at radius 1 is 1.07 bits per heavy atom. The first-order valence-corrected chi connectivity index (χ1v) is 8.41. The van der Waals surface area contributed by atoms with Gasteiger partial charge in [-0.2, -0.15) is 0 Å². The molecule has 0 aliphatic rings. The Bertz CT molecular complexity index is 875. The molecular weight excluding hydrogens is 397 g/mol. The minimum Gasteiger partial charge on any atom is -0.489 e. The molecule has 5 nitrogen and oxygen atoms in total. The first-order valence-electron chi connectivity index (χ1n) is 8.41. The average Bonchev–Trinajstić information content (AvgIpc) is 2.67. The second-order valence-corrected chi connectivity index (χ2v) is 6.01. The molecule has 1 atom stereocenters. The summed E-state index contributed by atoms with van der Waals surface area (Å²) in [6.07, 6.45) is 3.26. The van der Waals surface area contributed by atoms with Crippen molar-refractivity contribution in [2.75, 3.05) is 5.32 Å². The normalized spacial score (nSPS) is 10.8. The molecule has 7 heteroatoms. The molecule has 0 radical (unpaired) electrons. The Morgan fingerprint density at radius 2 is 1.75 bits per heavy atom. The van der Waals surface area contributed by atoms with Crippen LogP contribution in [0.15, 0.2) is 73.1 Å². The van der Waals surface area contributed by atoms with Crippen molar-refractivity contribution in [3.63, 3.8) is 0 Å². The van der Waals surface area contributed by atoms with E-state index in [-0.39, 0.29) is 36.8 Å². The van der Waals surface area contributed by atoms with E-state index in [2.05, 4.69) is 10.3 Å². The van der Waals surface area contributed by atoms with E-state index >= 15 is 0 Å². The van der Waals surface area contributed by atoms with Gasteiger partial charge < -0.3 is 15.8 Å². The van der Waals surface area contributed by atoms with E-state index in [9.17, 15) is 4.79 Å². The maximum absolute atomic E-state index is 12.5. The Labute approximate surface area is 177 Å². The second-order valence-electron chi connectivity index (χ2n) is 6.01. The number of anilines is 1. The van der Waals surface area contributed by atoms with Gasteiger partial charge in [-0.05, 0) is 36.8 Å². The van der Waals surface area contributed by atoms with Gasteiger partial charge in [-0.15, -0.1) is 24.8 Å². The van der Waals surface area contributed by atoms with Crippen molar-refractivity contribution in [3.05, 3.63) is 89.7 Å². The van der Waals surface area contributed by atoms with Gasteiger partial charge in [0, 0.05) is 35.2 Å². The molecule has 0 saturated heterocycles. The van der Waals surface area contributed by atoms with Gasteiger partial charge in [0.15, 0.2) is 0 Å². The van der Waals surface area contributed by atoms with Crippen LogP contribution in [0.5, 0.6) is 5.75 Å². The fourth-order valence-corrected chi connectivity index (χ4v) is 2.55. The molecule has 28 heavy (non-hydrogen) atoms. The summed E-state index contributed by atoms with van der Waals surface area (Å²) < 4.78 is 5.96. The molecule has 2 aromatic carbocycles. The van der Waals surface area contributed by atoms with Crippen LogP contribution < -0.4 is 15.8 Å². The quantitative estimate of drug-likeness (QED) is 0.602. The summed E-state index contributed by atoms with van der Waals surface area (Å²) in [7, 11) is 0. The number of nitrogens with zero attached hydrogens (tertiary/aromatic N) is 1. The number of nitrogens with one attached hydrogen (secondary N) is 1. The second kappa shape index (κ2) is 11.3. The molecule has 148 valence electrons. The van der Waals surface area contributed by atoms with Crippen LogP contribution in [0.1, 0.15) is 34.5 Å². The van der Waals surface area contributed by atoms with E-state index < -0.39 is 0 Å². The number of carbonyl (C=O) groups is 1. The van der Waals surface area contributed by atoms with E-state index in [1.807, 2.05) is 43.3 Å². The maximum Gasteiger partial charge on any atom is 0.255 e. The molecule has 0 spiro atoms. The molecule has 3 N–H and O–H groups in total. The molecule has 1 unspecified atom stereocenters. The van der Waals surface area contributed by atoms with Crippen molar-refractivity contribution in [3.8, 4) is 5.75 Å². The molecule has 0 aliphatic carbocycles. The van der Waals surface area contributed by atoms with Crippen molar-refractivity contribution in [1.82, 2.24) is 4.98 Å². The highest BCUT2D eigenvalue weighted by atomic mass is 35.5. The number of benzene rings is 2. The van der Waals surface area contributed by atoms with E-state index in [1.165, 1.54) is 0 Å². The molecule has 1 heterocycles. The lowest BCUT2D eigenvalue weighted by molar-refractivity contribution is 0.102. The highest BCUT2D eigenvalue weighted by Crippen LogP contribution is 2.26. The Hall–Kier alpha value is -2.60. The van der Waals surface area contributed by atoms with Gasteiger partial charge in [0.25, 0.3) is 5.91 Å². The van der Waals surface area contributed by atoms with Crippen LogP contribution in [0.4, 0.5) is 5.69 Å². The summed E-state index contributed by atoms with van der Waals surface area (Å²) in [5.74, 6) is 0.406. The van der Waals surface area contributed by atoms with Gasteiger partial charge in [-0.25, -0.2) is 0 Å². The van der Waals surface area contributed by atoms with Gasteiger partial charge in [0.1, 0.15) is 12.4 Å². The van der Waals surface area contributed by atoms with Crippen LogP contribution in [0.2, 0.25) is 0 Å². The fourth-order valence-electron chi connectivity index (χ4n) is 2.55. The number of halogens is 2. The van der Waals surface area contributed by atoms with Crippen molar-refractivity contribution in [2.45, 2.75) is 19.6 Å². The third kappa shape index (κ3) is 6.23. The van der Waals surface area contributed by atoms with Crippen LogP contribution in [0.25, 0.3) is 0 Å². The summed E-state index contributed by atoms with van der Waals surface area (Å²) in [6.45, 7) is 2.30. The summed E-state index contributed by atoms with van der Waals surface area (Å²) in [5, 5.41) is 2.84. The standard InChI is InChI=1S/C21H21N3O2.2ClH/c1-15(22)19-8-7-17(21(25)24-18-9-11-23-12-10-18)13-20(19)26-14-16-5-3-2-4-6-16;;/h2-13,15H,14,22H2,1H3,(H,23,24,25);2*1H. The molecule has 0 bridgehead atoms. The molecule has 0 aliphatic heterocycles. The van der Waals surface area contributed by atoms with Gasteiger partial charge in [0.05, 0.1) is 0 Å². The van der Waals surface area contributed by atoms with E-state index in [0.717, 1.165) is 11.1 Å². The Kier molecular flexibility index (Phi) is 9.45. The lowest BCUT2D eigenvalue weighted by atomic mass is 10.0. The molecule has 3 aromatic rings. The first kappa shape index (κ1) is 23.4. The predicted octanol–water partition coefficient (Wildman–Crippen LogP) is 4.78. The summed E-state index contributed by atoms with van der Waals surface area (Å²) >= 11 is 0. The monoisotopic (exact) mass is 419 g/mol. The van der Waals surface area contributed by atoms with Crippen LogP contribution in [-0.4, -0.2) is 10.9 Å². The number of ether oxygens (including phenoxy) is 1. The molecule has 0 saturated carbocycles. The number of rotatable bonds is 6. The predicted molar refractivity (Wildman–Crippen MR) is 117 cm³/mol. The van der Waals surface area contributed by atoms with E-state index in [4.69, 9.17) is 10.5 Å². The minimum atomic E-state index is -0.211. The zero-order chi connectivity index (χ0) is 18.4. The fraction of sp³-hybridized carbons (Fsp3) is 0.143. The summed E-state index contributed by atoms with van der Waals surface area (Å²) in [5.41, 5.74) is 9.16. The Balaban J connectivity index is 0.00000196. The van der Waals surface area contributed by atoms with Gasteiger partial charge in [-0.3, -0.25) is 9.78 Å². The van der Waals surface area contributed by atoms with Crippen molar-refractivity contribution in [1.29, 1.82) is 0 Å². The largest absolute Gasteiger partial charge is 0.489 e. The van der Waals surface area contributed by atoms with E-state index in [0.29, 0.717) is 23.6 Å². The van der Waals surface area contributed by atoms with E-state index in [1.54, 1.807) is 36.7 Å². The summed E-state index contributed by atoms with van der Waals surface area (Å²) in [6, 6.07) is 18.5. The zero-order valence-electron chi connectivity index (χ0n) is 15.4. The van der Waals surface area contributed by atoms with Gasteiger partial charge in [-0.1, -0.05) is 36.4 Å². The number of hydrogen-bond donors (Lipinski definition) is 2. The van der Waals surface area contributed by atoms with Crippen molar-refractivity contribution in [2.24, 2.45) is 5.73 Å². The molecule has 1 amide bonds. The number of nitrogens with two attached hydrogens (primary N) is 1. The topological polar surface area (TPSA) is 77.2 Å². The average molecular weight is 420 g/mol. The molecular formula is C21H23Cl2N3O2. The van der Waals surface area contributed by atoms with Crippen LogP contribution in [0, 0.1) is 0 Å². The number of carbonyl (C=O) groups excluding carboxylic acids is 1. The maximum atomic E-state index is 12.5. The van der Waals surface area contributed by atoms with Crippen molar-refractivity contribution >= 4 is 36.4 Å². The van der Waals surface area contributed by atoms with Gasteiger partial charge >= 0.3 is 0 Å². The van der Waals surface area contributed by atoms with Crippen LogP contribution in [0.3, 0.4) is 0 Å². The highest BCUT2D eigenvalue weighted by Gasteiger charge is 2.13. The number of hydrogen-bond acceptors (Lipinski definition) is 4. The molecule has 0 fully saturated rings.